The number of likely N-dealkylation sites (tertiary alicyclic amines) is 1. The highest BCUT2D eigenvalue weighted by molar-refractivity contribution is 4.75. The highest BCUT2D eigenvalue weighted by Gasteiger charge is 2.14. The van der Waals surface area contributed by atoms with Gasteiger partial charge < -0.3 is 15.0 Å². The number of nitrogens with zero attached hydrogens (tertiary/aromatic N) is 1. The second-order valence-corrected chi connectivity index (χ2v) is 4.59. The summed E-state index contributed by atoms with van der Waals surface area (Å²) in [7, 11) is 3.98. The molecule has 1 heterocycles. The number of rotatable bonds is 7. The first-order chi connectivity index (χ1) is 7.33. The summed E-state index contributed by atoms with van der Waals surface area (Å²) in [5.41, 5.74) is 0. The minimum atomic E-state index is 0.767. The van der Waals surface area contributed by atoms with Gasteiger partial charge in [0.15, 0.2) is 0 Å². The third-order valence-electron chi connectivity index (χ3n) is 3.18. The van der Waals surface area contributed by atoms with Crippen LogP contribution in [0.15, 0.2) is 0 Å². The Bertz CT molecular complexity index is 145. The standard InChI is InChI=1S/C12H26N2O/c1-14-9-6-12(7-10-14)13-8-4-3-5-11-15-2/h12-13H,3-11H2,1-2H3. The Morgan fingerprint density at radius 2 is 1.93 bits per heavy atom. The zero-order chi connectivity index (χ0) is 10.9. The molecule has 3 heteroatoms. The van der Waals surface area contributed by atoms with Crippen LogP contribution in [0.5, 0.6) is 0 Å². The molecule has 1 fully saturated rings. The van der Waals surface area contributed by atoms with Gasteiger partial charge >= 0.3 is 0 Å². The molecule has 15 heavy (non-hydrogen) atoms. The van der Waals surface area contributed by atoms with E-state index >= 15 is 0 Å². The maximum Gasteiger partial charge on any atom is 0.0462 e. The van der Waals surface area contributed by atoms with Gasteiger partial charge in [0, 0.05) is 19.8 Å². The number of hydrogen-bond acceptors (Lipinski definition) is 3. The third-order valence-corrected chi connectivity index (χ3v) is 3.18. The number of methoxy groups -OCH3 is 1. The fraction of sp³-hybridized carbons (Fsp3) is 1.00. The van der Waals surface area contributed by atoms with Crippen LogP contribution >= 0.6 is 0 Å². The van der Waals surface area contributed by atoms with Gasteiger partial charge in [0.2, 0.25) is 0 Å². The average Bonchev–Trinajstić information content (AvgIpc) is 2.26. The van der Waals surface area contributed by atoms with E-state index in [4.69, 9.17) is 4.74 Å². The monoisotopic (exact) mass is 214 g/mol. The highest BCUT2D eigenvalue weighted by atomic mass is 16.5. The minimum absolute atomic E-state index is 0.767. The fourth-order valence-electron chi connectivity index (χ4n) is 2.07. The summed E-state index contributed by atoms with van der Waals surface area (Å²) in [5.74, 6) is 0. The lowest BCUT2D eigenvalue weighted by atomic mass is 10.1. The second kappa shape index (κ2) is 8.08. The molecule has 0 aromatic carbocycles. The smallest absolute Gasteiger partial charge is 0.0462 e. The molecule has 1 aliphatic rings. The Hall–Kier alpha value is -0.120. The van der Waals surface area contributed by atoms with Crippen molar-refractivity contribution >= 4 is 0 Å². The van der Waals surface area contributed by atoms with Gasteiger partial charge in [0.1, 0.15) is 0 Å². The molecule has 0 radical (unpaired) electrons. The number of nitrogens with one attached hydrogen (secondary N) is 1. The first kappa shape index (κ1) is 12.9. The van der Waals surface area contributed by atoms with Crippen LogP contribution in [0, 0.1) is 0 Å². The molecule has 1 aliphatic heterocycles. The molecular weight excluding hydrogens is 188 g/mol. The summed E-state index contributed by atoms with van der Waals surface area (Å²) in [4.78, 5) is 2.41. The first-order valence-electron chi connectivity index (χ1n) is 6.24. The number of hydrogen-bond donors (Lipinski definition) is 1. The van der Waals surface area contributed by atoms with Crippen molar-refractivity contribution in [1.82, 2.24) is 10.2 Å². The lowest BCUT2D eigenvalue weighted by Gasteiger charge is -2.29. The van der Waals surface area contributed by atoms with Gasteiger partial charge in [0.05, 0.1) is 0 Å². The van der Waals surface area contributed by atoms with Gasteiger partial charge in [0.25, 0.3) is 0 Å². The van der Waals surface area contributed by atoms with Gasteiger partial charge in [-0.25, -0.2) is 0 Å². The van der Waals surface area contributed by atoms with E-state index < -0.39 is 0 Å². The maximum atomic E-state index is 5.02. The predicted octanol–water partition coefficient (Wildman–Crippen LogP) is 1.49. The van der Waals surface area contributed by atoms with E-state index in [0.29, 0.717) is 0 Å². The normalized spacial score (nSPS) is 19.6. The van der Waals surface area contributed by atoms with Crippen LogP contribution in [0.25, 0.3) is 0 Å². The van der Waals surface area contributed by atoms with Gasteiger partial charge in [-0.2, -0.15) is 0 Å². The Morgan fingerprint density at radius 1 is 1.20 bits per heavy atom. The third kappa shape index (κ3) is 6.13. The van der Waals surface area contributed by atoms with Crippen molar-refractivity contribution < 1.29 is 4.74 Å². The van der Waals surface area contributed by atoms with Gasteiger partial charge in [-0.1, -0.05) is 0 Å². The van der Waals surface area contributed by atoms with Crippen molar-refractivity contribution in [3.05, 3.63) is 0 Å². The summed E-state index contributed by atoms with van der Waals surface area (Å²) in [6, 6.07) is 0.767. The van der Waals surface area contributed by atoms with Crippen molar-refractivity contribution in [3.8, 4) is 0 Å². The van der Waals surface area contributed by atoms with Gasteiger partial charge in [-0.05, 0) is 58.8 Å². The van der Waals surface area contributed by atoms with E-state index in [2.05, 4.69) is 17.3 Å². The molecule has 0 atom stereocenters. The molecule has 0 aliphatic carbocycles. The van der Waals surface area contributed by atoms with Crippen molar-refractivity contribution in [2.24, 2.45) is 0 Å². The molecule has 90 valence electrons. The van der Waals surface area contributed by atoms with Crippen LogP contribution < -0.4 is 5.32 Å². The van der Waals surface area contributed by atoms with E-state index in [1.807, 2.05) is 0 Å². The minimum Gasteiger partial charge on any atom is -0.385 e. The predicted molar refractivity (Wildman–Crippen MR) is 64.2 cm³/mol. The lowest BCUT2D eigenvalue weighted by molar-refractivity contribution is 0.191. The van der Waals surface area contributed by atoms with E-state index in [9.17, 15) is 0 Å². The number of ether oxygens (including phenoxy) is 1. The number of unbranched alkanes of at least 4 members (excludes halogenated alkanes) is 2. The summed E-state index contributed by atoms with van der Waals surface area (Å²) in [5, 5.41) is 3.65. The van der Waals surface area contributed by atoms with Crippen molar-refractivity contribution in [3.63, 3.8) is 0 Å². The quantitative estimate of drug-likeness (QED) is 0.650. The molecule has 1 saturated heterocycles. The SMILES string of the molecule is COCCCCCNC1CCN(C)CC1. The van der Waals surface area contributed by atoms with Crippen molar-refractivity contribution in [2.45, 2.75) is 38.1 Å². The summed E-state index contributed by atoms with van der Waals surface area (Å²) >= 11 is 0. The van der Waals surface area contributed by atoms with E-state index in [0.717, 1.165) is 12.6 Å². The van der Waals surface area contributed by atoms with Crippen molar-refractivity contribution in [2.75, 3.05) is 40.4 Å². The van der Waals surface area contributed by atoms with E-state index in [1.165, 1.54) is 51.7 Å². The van der Waals surface area contributed by atoms with Crippen LogP contribution in [-0.4, -0.2) is 51.3 Å². The van der Waals surface area contributed by atoms with Crippen LogP contribution in [0.3, 0.4) is 0 Å². The Kier molecular flexibility index (Phi) is 6.98. The van der Waals surface area contributed by atoms with E-state index in [-0.39, 0.29) is 0 Å². The summed E-state index contributed by atoms with van der Waals surface area (Å²) < 4.78 is 5.02. The zero-order valence-corrected chi connectivity index (χ0v) is 10.3. The second-order valence-electron chi connectivity index (χ2n) is 4.59. The average molecular weight is 214 g/mol. The highest BCUT2D eigenvalue weighted by Crippen LogP contribution is 2.08. The lowest BCUT2D eigenvalue weighted by Crippen LogP contribution is -2.41. The topological polar surface area (TPSA) is 24.5 Å². The van der Waals surface area contributed by atoms with E-state index in [1.54, 1.807) is 7.11 Å². The molecule has 1 N–H and O–H groups in total. The Morgan fingerprint density at radius 3 is 2.60 bits per heavy atom. The molecule has 1 rings (SSSR count). The Labute approximate surface area is 94.2 Å². The van der Waals surface area contributed by atoms with Crippen LogP contribution in [-0.2, 0) is 4.74 Å². The Balaban J connectivity index is 1.87. The molecule has 3 nitrogen and oxygen atoms in total. The van der Waals surface area contributed by atoms with Crippen LogP contribution in [0.1, 0.15) is 32.1 Å². The molecule has 0 amide bonds. The fourth-order valence-corrected chi connectivity index (χ4v) is 2.07. The first-order valence-corrected chi connectivity index (χ1v) is 6.24. The van der Waals surface area contributed by atoms with Crippen LogP contribution in [0.4, 0.5) is 0 Å². The maximum absolute atomic E-state index is 5.02. The largest absolute Gasteiger partial charge is 0.385 e. The molecular formula is C12H26N2O. The molecule has 0 aromatic heterocycles. The van der Waals surface area contributed by atoms with Crippen LogP contribution in [0.2, 0.25) is 0 Å². The molecule has 0 unspecified atom stereocenters. The zero-order valence-electron chi connectivity index (χ0n) is 10.3. The summed E-state index contributed by atoms with van der Waals surface area (Å²) in [6.07, 6.45) is 6.40. The molecule has 0 spiro atoms. The van der Waals surface area contributed by atoms with Gasteiger partial charge in [-0.15, -0.1) is 0 Å². The molecule has 0 saturated carbocycles. The van der Waals surface area contributed by atoms with Crippen molar-refractivity contribution in [1.29, 1.82) is 0 Å². The number of piperidine rings is 1. The summed E-state index contributed by atoms with van der Waals surface area (Å²) in [6.45, 7) is 4.59. The van der Waals surface area contributed by atoms with Gasteiger partial charge in [-0.3, -0.25) is 0 Å². The molecule has 0 bridgehead atoms. The molecule has 0 aromatic rings.